The van der Waals surface area contributed by atoms with Gasteiger partial charge < -0.3 is 15.9 Å². The molecule has 0 aliphatic heterocycles. The summed E-state index contributed by atoms with van der Waals surface area (Å²) >= 11 is 0. The normalized spacial score (nSPS) is 11.7. The molecule has 0 unspecified atom stereocenters. The van der Waals surface area contributed by atoms with Crippen molar-refractivity contribution < 1.29 is 18.6 Å². The number of hydrogen-bond donors (Lipinski definition) is 3. The van der Waals surface area contributed by atoms with E-state index in [2.05, 4.69) is 6.92 Å². The van der Waals surface area contributed by atoms with Gasteiger partial charge in [0.05, 0.1) is 4.90 Å². The van der Waals surface area contributed by atoms with Gasteiger partial charge in [0.25, 0.3) is 0 Å². The largest absolute Gasteiger partial charge is 0.508 e. The van der Waals surface area contributed by atoms with Crippen molar-refractivity contribution in [3.63, 3.8) is 0 Å². The first-order valence-electron chi connectivity index (χ1n) is 12.5. The number of nitrogen functional groups attached to an aromatic ring is 1. The Morgan fingerprint density at radius 3 is 1.73 bits per heavy atom. The molecule has 0 bridgehead atoms. The lowest BCUT2D eigenvalue weighted by molar-refractivity contribution is 0.437. The van der Waals surface area contributed by atoms with E-state index in [1.165, 1.54) is 94.5 Å². The second-order valence-corrected chi connectivity index (χ2v) is 10.9. The van der Waals surface area contributed by atoms with Crippen LogP contribution in [0.5, 0.6) is 11.5 Å². The van der Waals surface area contributed by atoms with Gasteiger partial charge in [0, 0.05) is 11.8 Å². The predicted octanol–water partition coefficient (Wildman–Crippen LogP) is 7.15. The van der Waals surface area contributed by atoms with Gasteiger partial charge in [0.2, 0.25) is 9.84 Å². The summed E-state index contributed by atoms with van der Waals surface area (Å²) in [7, 11) is -3.95. The Kier molecular flexibility index (Phi) is 11.6. The summed E-state index contributed by atoms with van der Waals surface area (Å²) in [5.41, 5.74) is 6.56. The highest BCUT2D eigenvalue weighted by Gasteiger charge is 2.24. The molecule has 0 aliphatic rings. The van der Waals surface area contributed by atoms with Crippen molar-refractivity contribution in [2.24, 2.45) is 0 Å². The standard InChI is InChI=1S/C27H41NO4S/c1-2-3-4-5-6-7-8-9-10-11-12-13-14-15-22-20-24(29)21-26(27(22)30)33(31,32)25-18-16-23(28)17-19-25/h16-21,29-30H,2-15,28H2,1H3. The number of rotatable bonds is 16. The minimum Gasteiger partial charge on any atom is -0.508 e. The van der Waals surface area contributed by atoms with Gasteiger partial charge in [-0.15, -0.1) is 0 Å². The Morgan fingerprint density at radius 1 is 0.727 bits per heavy atom. The molecule has 0 amide bonds. The monoisotopic (exact) mass is 475 g/mol. The molecule has 0 aliphatic carbocycles. The number of hydrogen-bond acceptors (Lipinski definition) is 5. The van der Waals surface area contributed by atoms with E-state index in [0.29, 0.717) is 17.7 Å². The van der Waals surface area contributed by atoms with E-state index in [0.717, 1.165) is 25.3 Å². The van der Waals surface area contributed by atoms with Crippen LogP contribution in [0.1, 0.15) is 96.0 Å². The molecule has 0 fully saturated rings. The minimum atomic E-state index is -3.95. The first-order valence-corrected chi connectivity index (χ1v) is 14.0. The molecule has 0 atom stereocenters. The zero-order valence-corrected chi connectivity index (χ0v) is 20.9. The Labute approximate surface area is 200 Å². The molecule has 2 aromatic carbocycles. The molecule has 2 rings (SSSR count). The number of anilines is 1. The number of sulfone groups is 1. The molecule has 0 aromatic heterocycles. The zero-order chi connectivity index (χ0) is 24.1. The maximum absolute atomic E-state index is 12.9. The van der Waals surface area contributed by atoms with Crippen molar-refractivity contribution >= 4 is 15.5 Å². The Morgan fingerprint density at radius 2 is 1.21 bits per heavy atom. The van der Waals surface area contributed by atoms with Gasteiger partial charge >= 0.3 is 0 Å². The molecule has 184 valence electrons. The molecule has 0 saturated heterocycles. The van der Waals surface area contributed by atoms with Gasteiger partial charge in [-0.2, -0.15) is 0 Å². The van der Waals surface area contributed by atoms with E-state index in [9.17, 15) is 18.6 Å². The topological polar surface area (TPSA) is 101 Å². The van der Waals surface area contributed by atoms with E-state index in [-0.39, 0.29) is 21.3 Å². The van der Waals surface area contributed by atoms with Crippen LogP contribution in [-0.2, 0) is 16.3 Å². The van der Waals surface area contributed by atoms with Crippen LogP contribution in [0.2, 0.25) is 0 Å². The highest BCUT2D eigenvalue weighted by molar-refractivity contribution is 7.91. The lowest BCUT2D eigenvalue weighted by Crippen LogP contribution is -2.04. The van der Waals surface area contributed by atoms with Gasteiger partial charge in [-0.1, -0.05) is 84.0 Å². The Balaban J connectivity index is 1.76. The molecule has 5 nitrogen and oxygen atoms in total. The van der Waals surface area contributed by atoms with E-state index in [1.54, 1.807) is 0 Å². The van der Waals surface area contributed by atoms with E-state index in [4.69, 9.17) is 5.73 Å². The third kappa shape index (κ3) is 8.92. The summed E-state index contributed by atoms with van der Waals surface area (Å²) in [6, 6.07) is 8.37. The Hall–Kier alpha value is -2.21. The van der Waals surface area contributed by atoms with Gasteiger partial charge in [0.15, 0.2) is 0 Å². The number of unbranched alkanes of at least 4 members (excludes halogenated alkanes) is 12. The van der Waals surface area contributed by atoms with Gasteiger partial charge in [-0.05, 0) is 48.7 Å². The smallest absolute Gasteiger partial charge is 0.210 e. The van der Waals surface area contributed by atoms with Gasteiger partial charge in [-0.3, -0.25) is 0 Å². The summed E-state index contributed by atoms with van der Waals surface area (Å²) in [5, 5.41) is 20.7. The molecule has 33 heavy (non-hydrogen) atoms. The molecule has 4 N–H and O–H groups in total. The molecule has 6 heteroatoms. The summed E-state index contributed by atoms with van der Waals surface area (Å²) < 4.78 is 25.9. The maximum atomic E-state index is 12.9. The lowest BCUT2D eigenvalue weighted by atomic mass is 10.0. The zero-order valence-electron chi connectivity index (χ0n) is 20.1. The average Bonchev–Trinajstić information content (AvgIpc) is 2.79. The predicted molar refractivity (Wildman–Crippen MR) is 135 cm³/mol. The maximum Gasteiger partial charge on any atom is 0.210 e. The second kappa shape index (κ2) is 14.1. The first-order chi connectivity index (χ1) is 15.9. The number of benzene rings is 2. The molecule has 0 heterocycles. The van der Waals surface area contributed by atoms with Crippen LogP contribution in [0, 0.1) is 0 Å². The fraction of sp³-hybridized carbons (Fsp3) is 0.556. The Bertz CT molecular complexity index is 939. The van der Waals surface area contributed by atoms with Crippen LogP contribution in [0.15, 0.2) is 46.2 Å². The summed E-state index contributed by atoms with van der Waals surface area (Å²) in [5.74, 6) is -0.435. The summed E-state index contributed by atoms with van der Waals surface area (Å²) in [6.45, 7) is 2.25. The van der Waals surface area contributed by atoms with E-state index < -0.39 is 9.84 Å². The molecule has 0 radical (unpaired) electrons. The number of phenolic OH excluding ortho intramolecular Hbond substituents is 2. The fourth-order valence-corrected chi connectivity index (χ4v) is 5.56. The third-order valence-electron chi connectivity index (χ3n) is 6.17. The summed E-state index contributed by atoms with van der Waals surface area (Å²) in [6.07, 6.45) is 16.7. The van der Waals surface area contributed by atoms with Crippen molar-refractivity contribution in [2.45, 2.75) is 107 Å². The van der Waals surface area contributed by atoms with Gasteiger partial charge in [0.1, 0.15) is 16.4 Å². The lowest BCUT2D eigenvalue weighted by Gasteiger charge is -2.12. The highest BCUT2D eigenvalue weighted by atomic mass is 32.2. The second-order valence-electron chi connectivity index (χ2n) is 9.02. The van der Waals surface area contributed by atoms with Crippen LogP contribution >= 0.6 is 0 Å². The molecule has 0 saturated carbocycles. The van der Waals surface area contributed by atoms with Crippen LogP contribution in [0.4, 0.5) is 5.69 Å². The summed E-state index contributed by atoms with van der Waals surface area (Å²) in [4.78, 5) is -0.235. The SMILES string of the molecule is CCCCCCCCCCCCCCCc1cc(O)cc(S(=O)(=O)c2ccc(N)cc2)c1O. The average molecular weight is 476 g/mol. The van der Waals surface area contributed by atoms with Gasteiger partial charge in [-0.25, -0.2) is 8.42 Å². The van der Waals surface area contributed by atoms with Crippen molar-refractivity contribution in [3.05, 3.63) is 42.0 Å². The number of aromatic hydroxyl groups is 2. The molecular formula is C27H41NO4S. The number of phenols is 2. The number of nitrogens with two attached hydrogens (primary N) is 1. The number of aryl methyl sites for hydroxylation is 1. The highest BCUT2D eigenvalue weighted by Crippen LogP contribution is 2.36. The molecule has 2 aromatic rings. The van der Waals surface area contributed by atoms with E-state index >= 15 is 0 Å². The van der Waals surface area contributed by atoms with Crippen LogP contribution < -0.4 is 5.73 Å². The third-order valence-corrected chi connectivity index (χ3v) is 7.95. The molecule has 0 spiro atoms. The quantitative estimate of drug-likeness (QED) is 0.136. The fourth-order valence-electron chi connectivity index (χ4n) is 4.15. The van der Waals surface area contributed by atoms with Crippen molar-refractivity contribution in [3.8, 4) is 11.5 Å². The van der Waals surface area contributed by atoms with Crippen LogP contribution in [0.3, 0.4) is 0 Å². The van der Waals surface area contributed by atoms with Crippen LogP contribution in [0.25, 0.3) is 0 Å². The van der Waals surface area contributed by atoms with Crippen LogP contribution in [-0.4, -0.2) is 18.6 Å². The minimum absolute atomic E-state index is 0.0320. The van der Waals surface area contributed by atoms with Crippen molar-refractivity contribution in [1.82, 2.24) is 0 Å². The van der Waals surface area contributed by atoms with Crippen molar-refractivity contribution in [2.75, 3.05) is 5.73 Å². The molecular weight excluding hydrogens is 434 g/mol. The first kappa shape index (κ1) is 27.0. The van der Waals surface area contributed by atoms with Crippen molar-refractivity contribution in [1.29, 1.82) is 0 Å². The van der Waals surface area contributed by atoms with E-state index in [1.807, 2.05) is 0 Å².